The highest BCUT2D eigenvalue weighted by Gasteiger charge is 2.45. The largest absolute Gasteiger partial charge is 0.314 e. The summed E-state index contributed by atoms with van der Waals surface area (Å²) in [7, 11) is 1.76. The lowest BCUT2D eigenvalue weighted by Crippen LogP contribution is -2.47. The van der Waals surface area contributed by atoms with Gasteiger partial charge in [0.05, 0.1) is 11.4 Å². The van der Waals surface area contributed by atoms with E-state index in [1.165, 1.54) is 11.1 Å². The molecule has 2 aromatic heterocycles. The van der Waals surface area contributed by atoms with E-state index in [1.54, 1.807) is 35.3 Å². The van der Waals surface area contributed by atoms with E-state index in [9.17, 15) is 14.4 Å². The first-order valence-electron chi connectivity index (χ1n) is 15.0. The molecule has 0 N–H and O–H groups in total. The first-order chi connectivity index (χ1) is 20.6. The van der Waals surface area contributed by atoms with Gasteiger partial charge in [-0.2, -0.15) is 0 Å². The van der Waals surface area contributed by atoms with Gasteiger partial charge in [-0.3, -0.25) is 24.3 Å². The number of aromatic nitrogens is 2. The Hall–Kier alpha value is -4.30. The van der Waals surface area contributed by atoms with Gasteiger partial charge in [-0.05, 0) is 99.5 Å². The molecule has 4 aromatic rings. The van der Waals surface area contributed by atoms with Crippen LogP contribution in [0.4, 0.5) is 11.4 Å². The van der Waals surface area contributed by atoms with Gasteiger partial charge >= 0.3 is 0 Å². The minimum absolute atomic E-state index is 0.0297. The molecule has 0 spiro atoms. The van der Waals surface area contributed by atoms with E-state index < -0.39 is 5.41 Å². The third-order valence-corrected chi connectivity index (χ3v) is 8.65. The monoisotopic (exact) mass is 579 g/mol. The summed E-state index contributed by atoms with van der Waals surface area (Å²) in [6.45, 7) is 10.8. The Morgan fingerprint density at radius 3 is 2.49 bits per heavy atom. The van der Waals surface area contributed by atoms with Crippen LogP contribution in [-0.2, 0) is 29.1 Å². The Morgan fingerprint density at radius 1 is 0.930 bits per heavy atom. The molecule has 0 bridgehead atoms. The summed E-state index contributed by atoms with van der Waals surface area (Å²) in [4.78, 5) is 49.7. The second kappa shape index (κ2) is 12.5. The fourth-order valence-corrected chi connectivity index (χ4v) is 5.94. The van der Waals surface area contributed by atoms with Gasteiger partial charge in [0, 0.05) is 57.2 Å². The minimum atomic E-state index is -1.12. The number of aryl methyl sites for hydroxylation is 2. The van der Waals surface area contributed by atoms with Crippen molar-refractivity contribution in [3.8, 4) is 0 Å². The molecule has 0 atom stereocenters. The van der Waals surface area contributed by atoms with E-state index in [0.717, 1.165) is 60.2 Å². The zero-order chi connectivity index (χ0) is 30.7. The smallest absolute Gasteiger partial charge is 0.258 e. The summed E-state index contributed by atoms with van der Waals surface area (Å²) in [5.41, 5.74) is 3.92. The van der Waals surface area contributed by atoms with Crippen LogP contribution < -0.4 is 15.4 Å². The number of carbonyl (C=O) groups is 2. The highest BCUT2D eigenvalue weighted by Crippen LogP contribution is 2.38. The molecule has 224 valence electrons. The van der Waals surface area contributed by atoms with E-state index in [4.69, 9.17) is 0 Å². The van der Waals surface area contributed by atoms with E-state index >= 15 is 0 Å². The molecule has 1 aliphatic rings. The Kier molecular flexibility index (Phi) is 8.78. The number of hydrogen-bond acceptors (Lipinski definition) is 5. The van der Waals surface area contributed by atoms with E-state index in [-0.39, 0.29) is 17.4 Å². The van der Waals surface area contributed by atoms with Gasteiger partial charge in [-0.1, -0.05) is 24.3 Å². The Labute approximate surface area is 253 Å². The number of rotatable bonds is 10. The molecule has 0 fully saturated rings. The van der Waals surface area contributed by atoms with Gasteiger partial charge in [0.25, 0.3) is 5.56 Å². The summed E-state index contributed by atoms with van der Waals surface area (Å²) in [5.74, 6) is -0.376. The maximum Gasteiger partial charge on any atom is 0.258 e. The predicted octanol–water partition coefficient (Wildman–Crippen LogP) is 5.20. The summed E-state index contributed by atoms with van der Waals surface area (Å²) in [5, 5.41) is 1.69. The fourth-order valence-electron chi connectivity index (χ4n) is 5.94. The SMILES string of the molecule is CCN1C(=O)C(C)(C)C(=O)N(C)c2cc(CCCN(CCn3ccc4ccccc4c3=O)Cc3cnccc3C)ccc21. The van der Waals surface area contributed by atoms with Crippen molar-refractivity contribution in [2.45, 2.75) is 53.6 Å². The highest BCUT2D eigenvalue weighted by molar-refractivity contribution is 6.19. The van der Waals surface area contributed by atoms with Crippen molar-refractivity contribution >= 4 is 34.0 Å². The van der Waals surface area contributed by atoms with Gasteiger partial charge in [0.1, 0.15) is 5.41 Å². The van der Waals surface area contributed by atoms with Gasteiger partial charge in [-0.25, -0.2) is 0 Å². The van der Waals surface area contributed by atoms with Gasteiger partial charge in [0.15, 0.2) is 0 Å². The van der Waals surface area contributed by atoms with E-state index in [0.29, 0.717) is 13.1 Å². The van der Waals surface area contributed by atoms with Gasteiger partial charge in [0.2, 0.25) is 11.8 Å². The predicted molar refractivity (Wildman–Crippen MR) is 172 cm³/mol. The molecule has 0 saturated carbocycles. The number of benzene rings is 2. The average Bonchev–Trinajstić information content (AvgIpc) is 3.06. The first kappa shape index (κ1) is 30.2. The number of nitrogens with zero attached hydrogens (tertiary/aromatic N) is 5. The maximum absolute atomic E-state index is 13.2. The fraction of sp³-hybridized carbons (Fsp3) is 0.371. The summed E-state index contributed by atoms with van der Waals surface area (Å²) >= 11 is 0. The van der Waals surface area contributed by atoms with E-state index in [2.05, 4.69) is 28.9 Å². The van der Waals surface area contributed by atoms with Crippen LogP contribution in [0.2, 0.25) is 0 Å². The lowest BCUT2D eigenvalue weighted by Gasteiger charge is -2.27. The number of anilines is 2. The molecule has 5 rings (SSSR count). The number of pyridine rings is 2. The van der Waals surface area contributed by atoms with Crippen molar-refractivity contribution in [2.24, 2.45) is 5.41 Å². The van der Waals surface area contributed by atoms with Gasteiger partial charge in [-0.15, -0.1) is 0 Å². The van der Waals surface area contributed by atoms with Crippen LogP contribution in [0.25, 0.3) is 10.8 Å². The second-order valence-electron chi connectivity index (χ2n) is 11.9. The third-order valence-electron chi connectivity index (χ3n) is 8.65. The minimum Gasteiger partial charge on any atom is -0.314 e. The van der Waals surface area contributed by atoms with Crippen molar-refractivity contribution in [3.63, 3.8) is 0 Å². The Bertz CT molecular complexity index is 1710. The van der Waals surface area contributed by atoms with Gasteiger partial charge < -0.3 is 14.4 Å². The molecular weight excluding hydrogens is 538 g/mol. The maximum atomic E-state index is 13.2. The van der Waals surface area contributed by atoms with Crippen LogP contribution in [-0.4, -0.2) is 52.9 Å². The van der Waals surface area contributed by atoms with Crippen LogP contribution in [0, 0.1) is 12.3 Å². The molecule has 43 heavy (non-hydrogen) atoms. The van der Waals surface area contributed by atoms with Crippen molar-refractivity contribution in [3.05, 3.63) is 100 Å². The Morgan fingerprint density at radius 2 is 1.72 bits per heavy atom. The van der Waals surface area contributed by atoms with Crippen LogP contribution >= 0.6 is 0 Å². The molecular formula is C35H41N5O3. The number of amides is 2. The first-order valence-corrected chi connectivity index (χ1v) is 15.0. The summed E-state index contributed by atoms with van der Waals surface area (Å²) < 4.78 is 1.80. The van der Waals surface area contributed by atoms with Crippen LogP contribution in [0.15, 0.2) is 78.0 Å². The quantitative estimate of drug-likeness (QED) is 0.242. The summed E-state index contributed by atoms with van der Waals surface area (Å²) in [6.07, 6.45) is 7.33. The molecule has 0 radical (unpaired) electrons. The molecule has 2 amide bonds. The molecule has 0 unspecified atom stereocenters. The Balaban J connectivity index is 1.33. The van der Waals surface area contributed by atoms with Crippen molar-refractivity contribution in [1.29, 1.82) is 0 Å². The lowest BCUT2D eigenvalue weighted by atomic mass is 9.90. The standard InChI is InChI=1S/C35H41N5O3/c1-6-40-30-14-13-26(22-31(30)37(5)33(42)35(3,4)34(40)43)10-9-18-38(24-28-23-36-17-15-25(28)2)20-21-39-19-16-27-11-7-8-12-29(27)32(39)41/h7-8,11-17,19,22-23H,6,9-10,18,20-21,24H2,1-5H3. The second-order valence-corrected chi connectivity index (χ2v) is 11.9. The topological polar surface area (TPSA) is 78.8 Å². The zero-order valence-corrected chi connectivity index (χ0v) is 25.8. The van der Waals surface area contributed by atoms with Crippen LogP contribution in [0.3, 0.4) is 0 Å². The normalized spacial score (nSPS) is 14.8. The third kappa shape index (κ3) is 6.11. The molecule has 0 saturated heterocycles. The zero-order valence-electron chi connectivity index (χ0n) is 25.8. The van der Waals surface area contributed by atoms with Crippen LogP contribution in [0.5, 0.6) is 0 Å². The van der Waals surface area contributed by atoms with Crippen molar-refractivity contribution in [2.75, 3.05) is 36.5 Å². The van der Waals surface area contributed by atoms with Crippen molar-refractivity contribution < 1.29 is 9.59 Å². The molecule has 8 heteroatoms. The molecule has 8 nitrogen and oxygen atoms in total. The molecule has 2 aromatic carbocycles. The molecule has 1 aliphatic heterocycles. The molecule has 3 heterocycles. The number of hydrogen-bond donors (Lipinski definition) is 0. The van der Waals surface area contributed by atoms with E-state index in [1.807, 2.05) is 68.0 Å². The molecule has 0 aliphatic carbocycles. The van der Waals surface area contributed by atoms with Crippen LogP contribution in [0.1, 0.15) is 43.9 Å². The highest BCUT2D eigenvalue weighted by atomic mass is 16.2. The number of carbonyl (C=O) groups excluding carboxylic acids is 2. The summed E-state index contributed by atoms with van der Waals surface area (Å²) in [6, 6.07) is 17.8. The number of fused-ring (bicyclic) bond motifs is 2. The lowest BCUT2D eigenvalue weighted by molar-refractivity contribution is -0.137. The average molecular weight is 580 g/mol. The van der Waals surface area contributed by atoms with Crippen molar-refractivity contribution in [1.82, 2.24) is 14.5 Å².